The quantitative estimate of drug-likeness (QED) is 0.662. The Morgan fingerprint density at radius 1 is 1.60 bits per heavy atom. The first-order chi connectivity index (χ1) is 9.34. The second kappa shape index (κ2) is 5.38. The number of carbonyl (C=O) groups excluding carboxylic acids is 1. The van der Waals surface area contributed by atoms with E-state index in [0.717, 1.165) is 12.8 Å². The predicted octanol–water partition coefficient (Wildman–Crippen LogP) is 2.70. The van der Waals surface area contributed by atoms with E-state index in [0.29, 0.717) is 6.42 Å². The van der Waals surface area contributed by atoms with Crippen LogP contribution in [0.2, 0.25) is 5.02 Å². The van der Waals surface area contributed by atoms with Gasteiger partial charge in [0.2, 0.25) is 5.91 Å². The molecule has 20 heavy (non-hydrogen) atoms. The number of nitrogens with two attached hydrogens (primary N) is 1. The van der Waals surface area contributed by atoms with Crippen molar-refractivity contribution in [2.24, 2.45) is 11.1 Å². The minimum Gasteiger partial charge on any atom is -0.327 e. The van der Waals surface area contributed by atoms with E-state index >= 15 is 0 Å². The highest BCUT2D eigenvalue weighted by Gasteiger charge is 2.43. The van der Waals surface area contributed by atoms with E-state index in [4.69, 9.17) is 17.3 Å². The van der Waals surface area contributed by atoms with E-state index in [-0.39, 0.29) is 28.3 Å². The number of hydrogen-bond acceptors (Lipinski definition) is 4. The molecule has 1 saturated carbocycles. The lowest BCUT2D eigenvalue weighted by Crippen LogP contribution is -2.44. The Balaban J connectivity index is 2.26. The SMILES string of the molecule is CC1(C(=O)Nc2ccc(Cl)cc2[N+](=O)[O-])CCCC1N. The van der Waals surface area contributed by atoms with Crippen molar-refractivity contribution in [1.82, 2.24) is 0 Å². The third kappa shape index (κ3) is 2.62. The minimum absolute atomic E-state index is 0.143. The summed E-state index contributed by atoms with van der Waals surface area (Å²) < 4.78 is 0. The number of nitro groups is 1. The zero-order chi connectivity index (χ0) is 14.9. The molecule has 2 rings (SSSR count). The summed E-state index contributed by atoms with van der Waals surface area (Å²) in [7, 11) is 0. The van der Waals surface area contributed by atoms with Crippen LogP contribution in [-0.2, 0) is 4.79 Å². The molecule has 7 heteroatoms. The van der Waals surface area contributed by atoms with Gasteiger partial charge in [-0.2, -0.15) is 0 Å². The van der Waals surface area contributed by atoms with Gasteiger partial charge in [-0.3, -0.25) is 14.9 Å². The topological polar surface area (TPSA) is 98.3 Å². The maximum Gasteiger partial charge on any atom is 0.294 e. The first-order valence-corrected chi connectivity index (χ1v) is 6.73. The standard InChI is InChI=1S/C13H16ClN3O3/c1-13(6-2-3-11(13)15)12(18)16-9-5-4-8(14)7-10(9)17(19)20/h4-5,7,11H,2-3,6,15H2,1H3,(H,16,18). The van der Waals surface area contributed by atoms with E-state index in [2.05, 4.69) is 5.32 Å². The van der Waals surface area contributed by atoms with E-state index in [1.165, 1.54) is 18.2 Å². The van der Waals surface area contributed by atoms with Gasteiger partial charge >= 0.3 is 0 Å². The number of anilines is 1. The molecule has 3 N–H and O–H groups in total. The molecule has 1 fully saturated rings. The van der Waals surface area contributed by atoms with Gasteiger partial charge in [0.05, 0.1) is 10.3 Å². The van der Waals surface area contributed by atoms with Crippen molar-refractivity contribution in [2.45, 2.75) is 32.2 Å². The molecule has 0 bridgehead atoms. The second-order valence-electron chi connectivity index (χ2n) is 5.29. The zero-order valence-corrected chi connectivity index (χ0v) is 11.8. The highest BCUT2D eigenvalue weighted by atomic mass is 35.5. The molecule has 1 aromatic carbocycles. The summed E-state index contributed by atoms with van der Waals surface area (Å²) in [5.74, 6) is -0.284. The summed E-state index contributed by atoms with van der Waals surface area (Å²) in [6, 6.07) is 3.92. The van der Waals surface area contributed by atoms with Crippen molar-refractivity contribution in [1.29, 1.82) is 0 Å². The van der Waals surface area contributed by atoms with Crippen molar-refractivity contribution >= 4 is 28.9 Å². The molecule has 0 spiro atoms. The number of nitro benzene ring substituents is 1. The fourth-order valence-corrected chi connectivity index (χ4v) is 2.67. The highest BCUT2D eigenvalue weighted by Crippen LogP contribution is 2.38. The van der Waals surface area contributed by atoms with E-state index in [9.17, 15) is 14.9 Å². The largest absolute Gasteiger partial charge is 0.327 e. The van der Waals surface area contributed by atoms with Crippen LogP contribution in [-0.4, -0.2) is 16.9 Å². The molecule has 1 aliphatic rings. The van der Waals surface area contributed by atoms with Crippen LogP contribution in [0.4, 0.5) is 11.4 Å². The molecule has 1 amide bonds. The molecular formula is C13H16ClN3O3. The van der Waals surface area contributed by atoms with Crippen LogP contribution >= 0.6 is 11.6 Å². The lowest BCUT2D eigenvalue weighted by molar-refractivity contribution is -0.383. The van der Waals surface area contributed by atoms with Crippen molar-refractivity contribution in [3.8, 4) is 0 Å². The van der Waals surface area contributed by atoms with Crippen molar-refractivity contribution < 1.29 is 9.72 Å². The monoisotopic (exact) mass is 297 g/mol. The summed E-state index contributed by atoms with van der Waals surface area (Å²) in [5, 5.41) is 13.9. The van der Waals surface area contributed by atoms with Gasteiger partial charge < -0.3 is 11.1 Å². The van der Waals surface area contributed by atoms with Crippen LogP contribution in [0.25, 0.3) is 0 Å². The number of benzene rings is 1. The Kier molecular flexibility index (Phi) is 3.96. The molecule has 0 aromatic heterocycles. The number of nitrogens with one attached hydrogen (secondary N) is 1. The van der Waals surface area contributed by atoms with Crippen molar-refractivity contribution in [3.05, 3.63) is 33.3 Å². The third-order valence-electron chi connectivity index (χ3n) is 3.95. The van der Waals surface area contributed by atoms with Crippen molar-refractivity contribution in [2.75, 3.05) is 5.32 Å². The lowest BCUT2D eigenvalue weighted by Gasteiger charge is -2.27. The molecule has 1 aliphatic carbocycles. The highest BCUT2D eigenvalue weighted by molar-refractivity contribution is 6.31. The normalized spacial score (nSPS) is 25.4. The molecule has 0 saturated heterocycles. The fraction of sp³-hybridized carbons (Fsp3) is 0.462. The van der Waals surface area contributed by atoms with Crippen LogP contribution in [0.1, 0.15) is 26.2 Å². The average Bonchev–Trinajstić information content (AvgIpc) is 2.73. The number of rotatable bonds is 3. The number of amides is 1. The maximum atomic E-state index is 12.4. The van der Waals surface area contributed by atoms with Gasteiger partial charge in [0, 0.05) is 17.1 Å². The van der Waals surface area contributed by atoms with Gasteiger partial charge in [0.25, 0.3) is 5.69 Å². The fourth-order valence-electron chi connectivity index (χ4n) is 2.50. The van der Waals surface area contributed by atoms with Crippen LogP contribution in [0, 0.1) is 15.5 Å². The average molecular weight is 298 g/mol. The number of nitrogens with zero attached hydrogens (tertiary/aromatic N) is 1. The number of halogens is 1. The third-order valence-corrected chi connectivity index (χ3v) is 4.19. The second-order valence-corrected chi connectivity index (χ2v) is 5.73. The summed E-state index contributed by atoms with van der Waals surface area (Å²) in [6.07, 6.45) is 2.35. The van der Waals surface area contributed by atoms with Gasteiger partial charge in [-0.25, -0.2) is 0 Å². The Bertz CT molecular complexity index is 564. The molecule has 6 nitrogen and oxygen atoms in total. The summed E-state index contributed by atoms with van der Waals surface area (Å²) in [4.78, 5) is 22.8. The predicted molar refractivity (Wildman–Crippen MR) is 76.7 cm³/mol. The Morgan fingerprint density at radius 2 is 2.30 bits per heavy atom. The smallest absolute Gasteiger partial charge is 0.294 e. The molecule has 1 aromatic rings. The van der Waals surface area contributed by atoms with E-state index in [1.807, 2.05) is 0 Å². The Hall–Kier alpha value is -1.66. The van der Waals surface area contributed by atoms with Crippen molar-refractivity contribution in [3.63, 3.8) is 0 Å². The summed E-state index contributed by atoms with van der Waals surface area (Å²) >= 11 is 5.74. The van der Waals surface area contributed by atoms with Crippen LogP contribution in [0.3, 0.4) is 0 Å². The summed E-state index contributed by atoms with van der Waals surface area (Å²) in [5.41, 5.74) is 5.21. The van der Waals surface area contributed by atoms with Crippen LogP contribution in [0.5, 0.6) is 0 Å². The summed E-state index contributed by atoms with van der Waals surface area (Å²) in [6.45, 7) is 1.79. The van der Waals surface area contributed by atoms with E-state index < -0.39 is 10.3 Å². The molecule has 2 atom stereocenters. The first kappa shape index (κ1) is 14.7. The van der Waals surface area contributed by atoms with Gasteiger partial charge in [-0.05, 0) is 31.9 Å². The zero-order valence-electron chi connectivity index (χ0n) is 11.1. The molecule has 0 radical (unpaired) electrons. The minimum atomic E-state index is -0.687. The van der Waals surface area contributed by atoms with Gasteiger partial charge in [0.15, 0.2) is 0 Å². The number of carbonyl (C=O) groups is 1. The molecule has 2 unspecified atom stereocenters. The molecule has 108 valence electrons. The number of hydrogen-bond donors (Lipinski definition) is 2. The Labute approximate surface area is 121 Å². The maximum absolute atomic E-state index is 12.4. The molecular weight excluding hydrogens is 282 g/mol. The molecule has 0 heterocycles. The van der Waals surface area contributed by atoms with Crippen LogP contribution < -0.4 is 11.1 Å². The van der Waals surface area contributed by atoms with Gasteiger partial charge in [-0.15, -0.1) is 0 Å². The Morgan fingerprint density at radius 3 is 2.85 bits per heavy atom. The lowest BCUT2D eigenvalue weighted by atomic mass is 9.84. The van der Waals surface area contributed by atoms with Gasteiger partial charge in [-0.1, -0.05) is 18.0 Å². The van der Waals surface area contributed by atoms with E-state index in [1.54, 1.807) is 6.92 Å². The molecule has 0 aliphatic heterocycles. The van der Waals surface area contributed by atoms with Crippen LogP contribution in [0.15, 0.2) is 18.2 Å². The first-order valence-electron chi connectivity index (χ1n) is 6.35. The van der Waals surface area contributed by atoms with Gasteiger partial charge in [0.1, 0.15) is 5.69 Å².